The molecule has 18 heavy (non-hydrogen) atoms. The molecule has 0 aromatic carbocycles. The number of hydrogen-bond donors (Lipinski definition) is 1. The zero-order chi connectivity index (χ0) is 13.6. The van der Waals surface area contributed by atoms with E-state index in [0.717, 1.165) is 6.54 Å². The largest absolute Gasteiger partial charge is 0.378 e. The summed E-state index contributed by atoms with van der Waals surface area (Å²) in [5.74, 6) is 0.781. The van der Waals surface area contributed by atoms with Gasteiger partial charge in [0.2, 0.25) is 5.91 Å². The molecule has 2 N–H and O–H groups in total. The third kappa shape index (κ3) is 2.05. The molecule has 0 spiro atoms. The van der Waals surface area contributed by atoms with Gasteiger partial charge in [-0.25, -0.2) is 0 Å². The lowest BCUT2D eigenvalue weighted by Gasteiger charge is -2.58. The summed E-state index contributed by atoms with van der Waals surface area (Å²) in [5, 5.41) is 0. The van der Waals surface area contributed by atoms with Crippen molar-refractivity contribution in [2.24, 2.45) is 17.1 Å². The lowest BCUT2D eigenvalue weighted by Crippen LogP contribution is -2.75. The van der Waals surface area contributed by atoms with Crippen molar-refractivity contribution in [2.75, 3.05) is 20.2 Å². The van der Waals surface area contributed by atoms with Crippen LogP contribution in [0.5, 0.6) is 0 Å². The maximum atomic E-state index is 12.5. The van der Waals surface area contributed by atoms with Crippen molar-refractivity contribution in [1.82, 2.24) is 4.90 Å². The predicted molar refractivity (Wildman–Crippen MR) is 71.1 cm³/mol. The number of amides is 1. The number of ether oxygens (including phenoxy) is 1. The SMILES string of the molecule is CCOC1CC(N)(C(=O)N(C)CC2CC2)C1(C)C. The van der Waals surface area contributed by atoms with Crippen LogP contribution in [0.3, 0.4) is 0 Å². The fourth-order valence-corrected chi connectivity index (χ4v) is 2.91. The van der Waals surface area contributed by atoms with E-state index < -0.39 is 5.54 Å². The molecule has 0 aromatic heterocycles. The minimum absolute atomic E-state index is 0.0790. The molecular formula is C14H26N2O2. The van der Waals surface area contributed by atoms with E-state index in [1.54, 1.807) is 0 Å². The van der Waals surface area contributed by atoms with Gasteiger partial charge in [0.15, 0.2) is 0 Å². The summed E-state index contributed by atoms with van der Waals surface area (Å²) in [5.41, 5.74) is 5.34. The van der Waals surface area contributed by atoms with E-state index in [1.807, 2.05) is 32.7 Å². The summed E-state index contributed by atoms with van der Waals surface area (Å²) in [6, 6.07) is 0. The normalized spacial score (nSPS) is 33.9. The third-order valence-electron chi connectivity index (χ3n) is 4.79. The van der Waals surface area contributed by atoms with E-state index >= 15 is 0 Å². The number of nitrogens with zero attached hydrogens (tertiary/aromatic N) is 1. The highest BCUT2D eigenvalue weighted by Crippen LogP contribution is 2.50. The number of carbonyl (C=O) groups is 1. The van der Waals surface area contributed by atoms with E-state index in [0.29, 0.717) is 18.9 Å². The number of rotatable bonds is 5. The maximum absolute atomic E-state index is 12.5. The second-order valence-electron chi connectivity index (χ2n) is 6.47. The first-order valence-corrected chi connectivity index (χ1v) is 6.99. The highest BCUT2D eigenvalue weighted by molar-refractivity contribution is 5.88. The number of carbonyl (C=O) groups excluding carboxylic acids is 1. The quantitative estimate of drug-likeness (QED) is 0.806. The first-order chi connectivity index (χ1) is 8.33. The van der Waals surface area contributed by atoms with Gasteiger partial charge in [0, 0.05) is 32.0 Å². The van der Waals surface area contributed by atoms with E-state index in [9.17, 15) is 4.79 Å². The smallest absolute Gasteiger partial charge is 0.243 e. The third-order valence-corrected chi connectivity index (χ3v) is 4.79. The highest BCUT2D eigenvalue weighted by atomic mass is 16.5. The minimum atomic E-state index is -0.753. The van der Waals surface area contributed by atoms with Crippen LogP contribution in [0.1, 0.15) is 40.0 Å². The van der Waals surface area contributed by atoms with E-state index in [4.69, 9.17) is 10.5 Å². The monoisotopic (exact) mass is 254 g/mol. The van der Waals surface area contributed by atoms with Gasteiger partial charge >= 0.3 is 0 Å². The van der Waals surface area contributed by atoms with Gasteiger partial charge in [-0.2, -0.15) is 0 Å². The lowest BCUT2D eigenvalue weighted by molar-refractivity contribution is -0.178. The van der Waals surface area contributed by atoms with Gasteiger partial charge in [-0.3, -0.25) is 4.79 Å². The molecule has 2 saturated carbocycles. The minimum Gasteiger partial charge on any atom is -0.378 e. The fraction of sp³-hybridized carbons (Fsp3) is 0.929. The Balaban J connectivity index is 2.00. The second-order valence-corrected chi connectivity index (χ2v) is 6.47. The Kier molecular flexibility index (Phi) is 3.45. The first kappa shape index (κ1) is 13.8. The molecule has 1 amide bonds. The summed E-state index contributed by atoms with van der Waals surface area (Å²) in [6.07, 6.45) is 3.24. The molecule has 0 saturated heterocycles. The average molecular weight is 254 g/mol. The molecule has 104 valence electrons. The van der Waals surface area contributed by atoms with Crippen LogP contribution in [0.2, 0.25) is 0 Å². The molecule has 0 aromatic rings. The molecule has 2 aliphatic rings. The summed E-state index contributed by atoms with van der Waals surface area (Å²) in [7, 11) is 1.87. The average Bonchev–Trinajstić information content (AvgIpc) is 3.11. The van der Waals surface area contributed by atoms with Gasteiger partial charge < -0.3 is 15.4 Å². The number of hydrogen-bond acceptors (Lipinski definition) is 3. The van der Waals surface area contributed by atoms with Crippen LogP contribution < -0.4 is 5.73 Å². The van der Waals surface area contributed by atoms with Gasteiger partial charge in [0.1, 0.15) is 5.54 Å². The van der Waals surface area contributed by atoms with Crippen molar-refractivity contribution in [2.45, 2.75) is 51.7 Å². The molecule has 0 heterocycles. The molecule has 2 atom stereocenters. The van der Waals surface area contributed by atoms with E-state index in [-0.39, 0.29) is 17.4 Å². The molecule has 0 radical (unpaired) electrons. The van der Waals surface area contributed by atoms with Gasteiger partial charge in [-0.15, -0.1) is 0 Å². The van der Waals surface area contributed by atoms with Crippen molar-refractivity contribution in [3.63, 3.8) is 0 Å². The van der Waals surface area contributed by atoms with Gasteiger partial charge in [0.05, 0.1) is 6.10 Å². The molecule has 0 bridgehead atoms. The van der Waals surface area contributed by atoms with Crippen molar-refractivity contribution < 1.29 is 9.53 Å². The highest BCUT2D eigenvalue weighted by Gasteiger charge is 2.63. The van der Waals surface area contributed by atoms with Crippen molar-refractivity contribution >= 4 is 5.91 Å². The zero-order valence-corrected chi connectivity index (χ0v) is 12.0. The Hall–Kier alpha value is -0.610. The Bertz CT molecular complexity index is 339. The summed E-state index contributed by atoms with van der Waals surface area (Å²) in [4.78, 5) is 14.3. The molecule has 2 unspecified atom stereocenters. The van der Waals surface area contributed by atoms with Crippen molar-refractivity contribution in [1.29, 1.82) is 0 Å². The van der Waals surface area contributed by atoms with Gasteiger partial charge in [-0.05, 0) is 25.7 Å². The maximum Gasteiger partial charge on any atom is 0.243 e. The van der Waals surface area contributed by atoms with Crippen LogP contribution >= 0.6 is 0 Å². The number of likely N-dealkylation sites (N-methyl/N-ethyl adjacent to an activating group) is 1. The molecule has 2 rings (SSSR count). The van der Waals surface area contributed by atoms with Gasteiger partial charge in [0.25, 0.3) is 0 Å². The Morgan fingerprint density at radius 3 is 2.50 bits per heavy atom. The van der Waals surface area contributed by atoms with Crippen LogP contribution in [0.15, 0.2) is 0 Å². The number of nitrogens with two attached hydrogens (primary N) is 1. The second kappa shape index (κ2) is 4.49. The van der Waals surface area contributed by atoms with E-state index in [2.05, 4.69) is 0 Å². The lowest BCUT2D eigenvalue weighted by atomic mass is 9.54. The van der Waals surface area contributed by atoms with Crippen molar-refractivity contribution in [3.8, 4) is 0 Å². The van der Waals surface area contributed by atoms with Crippen LogP contribution in [0.25, 0.3) is 0 Å². The van der Waals surface area contributed by atoms with Crippen LogP contribution in [-0.2, 0) is 9.53 Å². The Morgan fingerprint density at radius 2 is 2.06 bits per heavy atom. The summed E-state index contributed by atoms with van der Waals surface area (Å²) >= 11 is 0. The zero-order valence-electron chi connectivity index (χ0n) is 12.0. The van der Waals surface area contributed by atoms with E-state index in [1.165, 1.54) is 12.8 Å². The van der Waals surface area contributed by atoms with Crippen LogP contribution in [0.4, 0.5) is 0 Å². The molecule has 2 aliphatic carbocycles. The Morgan fingerprint density at radius 1 is 1.44 bits per heavy atom. The first-order valence-electron chi connectivity index (χ1n) is 6.99. The summed E-state index contributed by atoms with van der Waals surface area (Å²) in [6.45, 7) is 7.59. The van der Waals surface area contributed by atoms with Crippen LogP contribution in [0, 0.1) is 11.3 Å². The predicted octanol–water partition coefficient (Wildman–Crippen LogP) is 1.39. The topological polar surface area (TPSA) is 55.6 Å². The standard InChI is InChI=1S/C14H26N2O2/c1-5-18-11-8-14(15,13(11,2)3)12(17)16(4)9-10-6-7-10/h10-11H,5-9,15H2,1-4H3. The fourth-order valence-electron chi connectivity index (χ4n) is 2.91. The van der Waals surface area contributed by atoms with Crippen LogP contribution in [-0.4, -0.2) is 42.6 Å². The summed E-state index contributed by atoms with van der Waals surface area (Å²) < 4.78 is 5.66. The molecular weight excluding hydrogens is 228 g/mol. The molecule has 2 fully saturated rings. The van der Waals surface area contributed by atoms with Crippen molar-refractivity contribution in [3.05, 3.63) is 0 Å². The molecule has 4 nitrogen and oxygen atoms in total. The Labute approximate surface area is 110 Å². The van der Waals surface area contributed by atoms with Gasteiger partial charge in [-0.1, -0.05) is 13.8 Å². The molecule has 4 heteroatoms. The molecule has 0 aliphatic heterocycles.